The summed E-state index contributed by atoms with van der Waals surface area (Å²) in [5, 5.41) is 2.37. The van der Waals surface area contributed by atoms with Crippen LogP contribution in [0.5, 0.6) is 5.75 Å². The fourth-order valence-corrected chi connectivity index (χ4v) is 1.10. The highest BCUT2D eigenvalue weighted by Crippen LogP contribution is 2.23. The molecular formula is C11H12F3NO3. The summed E-state index contributed by atoms with van der Waals surface area (Å²) < 4.78 is 44.1. The first-order chi connectivity index (χ1) is 8.26. The number of halogens is 3. The molecule has 7 heteroatoms. The van der Waals surface area contributed by atoms with Crippen LogP contribution >= 0.6 is 0 Å². The minimum absolute atomic E-state index is 0.280. The summed E-state index contributed by atoms with van der Waals surface area (Å²) in [7, 11) is 0. The smallest absolute Gasteiger partial charge is 0.447 e. The molecule has 0 aliphatic rings. The zero-order valence-corrected chi connectivity index (χ0v) is 9.75. The van der Waals surface area contributed by atoms with Crippen molar-refractivity contribution in [3.63, 3.8) is 0 Å². The van der Waals surface area contributed by atoms with Crippen molar-refractivity contribution < 1.29 is 27.4 Å². The van der Waals surface area contributed by atoms with Crippen LogP contribution in [0.2, 0.25) is 0 Å². The topological polar surface area (TPSA) is 47.6 Å². The Kier molecular flexibility index (Phi) is 4.41. The predicted octanol–water partition coefficient (Wildman–Crippen LogP) is 3.54. The third-order valence-corrected chi connectivity index (χ3v) is 1.68. The molecule has 0 radical (unpaired) electrons. The van der Waals surface area contributed by atoms with E-state index in [1.807, 2.05) is 0 Å². The van der Waals surface area contributed by atoms with E-state index in [0.29, 0.717) is 5.69 Å². The predicted molar refractivity (Wildman–Crippen MR) is 58.4 cm³/mol. The van der Waals surface area contributed by atoms with Crippen molar-refractivity contribution in [1.29, 1.82) is 0 Å². The van der Waals surface area contributed by atoms with E-state index in [1.54, 1.807) is 13.8 Å². The standard InChI is InChI=1S/C11H12F3NO3/c1-7(2)17-10(16)15-8-3-5-9(6-4-8)18-11(12,13)14/h3-7H,1-2H3,(H,15,16). The number of carbonyl (C=O) groups is 1. The van der Waals surface area contributed by atoms with Gasteiger partial charge in [-0.2, -0.15) is 0 Å². The molecule has 1 amide bonds. The van der Waals surface area contributed by atoms with E-state index < -0.39 is 12.5 Å². The third kappa shape index (κ3) is 5.42. The van der Waals surface area contributed by atoms with Gasteiger partial charge in [0, 0.05) is 5.69 Å². The molecule has 0 unspecified atom stereocenters. The number of rotatable bonds is 3. The van der Waals surface area contributed by atoms with Gasteiger partial charge in [0.2, 0.25) is 0 Å². The molecule has 1 aromatic carbocycles. The number of nitrogens with one attached hydrogen (secondary N) is 1. The minimum atomic E-state index is -4.73. The Bertz CT molecular complexity index is 401. The van der Waals surface area contributed by atoms with Gasteiger partial charge in [-0.05, 0) is 38.1 Å². The summed E-state index contributed by atoms with van der Waals surface area (Å²) in [6, 6.07) is 4.75. The highest BCUT2D eigenvalue weighted by atomic mass is 19.4. The molecule has 0 bridgehead atoms. The van der Waals surface area contributed by atoms with E-state index in [0.717, 1.165) is 12.1 Å². The summed E-state index contributed by atoms with van der Waals surface area (Å²) in [6.07, 6.45) is -5.68. The van der Waals surface area contributed by atoms with Crippen molar-refractivity contribution in [2.24, 2.45) is 0 Å². The Labute approximate surface area is 102 Å². The van der Waals surface area contributed by atoms with Gasteiger partial charge in [0.1, 0.15) is 5.75 Å². The van der Waals surface area contributed by atoms with E-state index >= 15 is 0 Å². The van der Waals surface area contributed by atoms with Crippen LogP contribution in [0.15, 0.2) is 24.3 Å². The Morgan fingerprint density at radius 2 is 1.78 bits per heavy atom. The first-order valence-electron chi connectivity index (χ1n) is 5.10. The van der Waals surface area contributed by atoms with Gasteiger partial charge < -0.3 is 9.47 Å². The maximum Gasteiger partial charge on any atom is 0.573 e. The number of benzene rings is 1. The van der Waals surface area contributed by atoms with Crippen molar-refractivity contribution in [1.82, 2.24) is 0 Å². The second-order valence-corrected chi connectivity index (χ2v) is 3.65. The number of amides is 1. The van der Waals surface area contributed by atoms with Crippen LogP contribution in [-0.2, 0) is 4.74 Å². The van der Waals surface area contributed by atoms with Crippen LogP contribution in [0, 0.1) is 0 Å². The van der Waals surface area contributed by atoms with Gasteiger partial charge >= 0.3 is 12.5 Å². The zero-order chi connectivity index (χ0) is 13.8. The molecule has 18 heavy (non-hydrogen) atoms. The molecule has 4 nitrogen and oxygen atoms in total. The van der Waals surface area contributed by atoms with Crippen molar-refractivity contribution in [3.05, 3.63) is 24.3 Å². The van der Waals surface area contributed by atoms with E-state index in [-0.39, 0.29) is 11.9 Å². The normalized spacial score (nSPS) is 11.2. The molecule has 0 saturated heterocycles. The lowest BCUT2D eigenvalue weighted by Gasteiger charge is -2.11. The molecule has 0 aliphatic carbocycles. The number of hydrogen-bond acceptors (Lipinski definition) is 3. The number of alkyl halides is 3. The van der Waals surface area contributed by atoms with Crippen LogP contribution in [0.4, 0.5) is 23.7 Å². The van der Waals surface area contributed by atoms with Gasteiger partial charge in [0.05, 0.1) is 6.10 Å². The molecule has 0 fully saturated rings. The lowest BCUT2D eigenvalue weighted by molar-refractivity contribution is -0.274. The van der Waals surface area contributed by atoms with Crippen molar-refractivity contribution >= 4 is 11.8 Å². The van der Waals surface area contributed by atoms with Crippen LogP contribution < -0.4 is 10.1 Å². The lowest BCUT2D eigenvalue weighted by Crippen LogP contribution is -2.18. The fourth-order valence-electron chi connectivity index (χ4n) is 1.10. The van der Waals surface area contributed by atoms with Gasteiger partial charge in [-0.25, -0.2) is 4.79 Å². The van der Waals surface area contributed by atoms with E-state index in [9.17, 15) is 18.0 Å². The fraction of sp³-hybridized carbons (Fsp3) is 0.364. The highest BCUT2D eigenvalue weighted by Gasteiger charge is 2.30. The van der Waals surface area contributed by atoms with E-state index in [1.165, 1.54) is 12.1 Å². The van der Waals surface area contributed by atoms with Crippen LogP contribution in [0.1, 0.15) is 13.8 Å². The summed E-state index contributed by atoms with van der Waals surface area (Å²) in [4.78, 5) is 11.2. The zero-order valence-electron chi connectivity index (χ0n) is 9.75. The summed E-state index contributed by atoms with van der Waals surface area (Å²) >= 11 is 0. The number of anilines is 1. The number of ether oxygens (including phenoxy) is 2. The van der Waals surface area contributed by atoms with Gasteiger partial charge in [-0.15, -0.1) is 13.2 Å². The van der Waals surface area contributed by atoms with Crippen molar-refractivity contribution in [2.75, 3.05) is 5.32 Å². The molecule has 100 valence electrons. The molecule has 0 heterocycles. The molecule has 0 aromatic heterocycles. The first-order valence-corrected chi connectivity index (χ1v) is 5.10. The van der Waals surface area contributed by atoms with E-state index in [2.05, 4.69) is 10.1 Å². The Hall–Kier alpha value is -1.92. The maximum absolute atomic E-state index is 11.9. The van der Waals surface area contributed by atoms with E-state index in [4.69, 9.17) is 4.74 Å². The summed E-state index contributed by atoms with van der Waals surface area (Å²) in [5.41, 5.74) is 0.315. The number of hydrogen-bond donors (Lipinski definition) is 1. The third-order valence-electron chi connectivity index (χ3n) is 1.68. The second kappa shape index (κ2) is 5.61. The molecule has 0 aliphatic heterocycles. The molecule has 0 spiro atoms. The molecule has 1 N–H and O–H groups in total. The monoisotopic (exact) mass is 263 g/mol. The molecule has 0 saturated carbocycles. The quantitative estimate of drug-likeness (QED) is 0.907. The van der Waals surface area contributed by atoms with Gasteiger partial charge in [0.15, 0.2) is 0 Å². The highest BCUT2D eigenvalue weighted by molar-refractivity contribution is 5.84. The maximum atomic E-state index is 11.9. The van der Waals surface area contributed by atoms with Crippen molar-refractivity contribution in [3.8, 4) is 5.75 Å². The van der Waals surface area contributed by atoms with Crippen molar-refractivity contribution in [2.45, 2.75) is 26.3 Å². The van der Waals surface area contributed by atoms with Gasteiger partial charge in [-0.1, -0.05) is 0 Å². The Morgan fingerprint density at radius 1 is 1.22 bits per heavy atom. The second-order valence-electron chi connectivity index (χ2n) is 3.65. The Morgan fingerprint density at radius 3 is 2.22 bits per heavy atom. The summed E-state index contributed by atoms with van der Waals surface area (Å²) in [6.45, 7) is 3.36. The number of carbonyl (C=O) groups excluding carboxylic acids is 1. The van der Waals surface area contributed by atoms with Gasteiger partial charge in [0.25, 0.3) is 0 Å². The minimum Gasteiger partial charge on any atom is -0.447 e. The molecule has 1 rings (SSSR count). The van der Waals surface area contributed by atoms with Crippen LogP contribution in [0.3, 0.4) is 0 Å². The average molecular weight is 263 g/mol. The molecule has 1 aromatic rings. The van der Waals surface area contributed by atoms with Gasteiger partial charge in [-0.3, -0.25) is 5.32 Å². The average Bonchev–Trinajstić information content (AvgIpc) is 2.17. The lowest BCUT2D eigenvalue weighted by atomic mass is 10.3. The molecular weight excluding hydrogens is 251 g/mol. The van der Waals surface area contributed by atoms with Crippen LogP contribution in [-0.4, -0.2) is 18.6 Å². The van der Waals surface area contributed by atoms with Crippen LogP contribution in [0.25, 0.3) is 0 Å². The molecule has 0 atom stereocenters. The SMILES string of the molecule is CC(C)OC(=O)Nc1ccc(OC(F)(F)F)cc1. The first kappa shape index (κ1) is 14.1. The summed E-state index contributed by atoms with van der Waals surface area (Å²) in [5.74, 6) is -0.356. The Balaban J connectivity index is 2.58. The largest absolute Gasteiger partial charge is 0.573 e.